The Morgan fingerprint density at radius 3 is 2.56 bits per heavy atom. The Hall–Kier alpha value is -2.18. The molecule has 0 saturated heterocycles. The van der Waals surface area contributed by atoms with Gasteiger partial charge in [0.2, 0.25) is 15.9 Å². The van der Waals surface area contributed by atoms with E-state index in [9.17, 15) is 13.2 Å². The van der Waals surface area contributed by atoms with Crippen LogP contribution in [-0.4, -0.2) is 25.8 Å². The lowest BCUT2D eigenvalue weighted by Gasteiger charge is -2.31. The first kappa shape index (κ1) is 17.6. The SMILES string of the molecule is CC(Cc1ccccc1)C(=O)N1CCc2ccc(S(N)(=O)=O)cc2C1. The first-order chi connectivity index (χ1) is 11.8. The molecule has 2 aromatic rings. The normalized spacial score (nSPS) is 15.5. The second-order valence-electron chi connectivity index (χ2n) is 6.58. The van der Waals surface area contributed by atoms with Gasteiger partial charge in [0.15, 0.2) is 0 Å². The van der Waals surface area contributed by atoms with Crippen molar-refractivity contribution < 1.29 is 13.2 Å². The zero-order chi connectivity index (χ0) is 18.0. The van der Waals surface area contributed by atoms with Crippen LogP contribution in [0.25, 0.3) is 0 Å². The second kappa shape index (κ2) is 6.98. The summed E-state index contributed by atoms with van der Waals surface area (Å²) in [6.45, 7) is 3.02. The van der Waals surface area contributed by atoms with Crippen LogP contribution in [0, 0.1) is 5.92 Å². The summed E-state index contributed by atoms with van der Waals surface area (Å²) in [7, 11) is -3.73. The van der Waals surface area contributed by atoms with Gasteiger partial charge in [0.1, 0.15) is 0 Å². The van der Waals surface area contributed by atoms with Crippen LogP contribution >= 0.6 is 0 Å². The van der Waals surface area contributed by atoms with Crippen LogP contribution < -0.4 is 5.14 Å². The van der Waals surface area contributed by atoms with Gasteiger partial charge in [0.25, 0.3) is 0 Å². The maximum atomic E-state index is 12.8. The first-order valence-electron chi connectivity index (χ1n) is 8.32. The minimum Gasteiger partial charge on any atom is -0.338 e. The maximum absolute atomic E-state index is 12.8. The third kappa shape index (κ3) is 4.08. The van der Waals surface area contributed by atoms with Crippen molar-refractivity contribution in [1.82, 2.24) is 4.90 Å². The smallest absolute Gasteiger partial charge is 0.238 e. The van der Waals surface area contributed by atoms with Gasteiger partial charge in [-0.25, -0.2) is 13.6 Å². The van der Waals surface area contributed by atoms with Gasteiger partial charge in [0.05, 0.1) is 4.90 Å². The van der Waals surface area contributed by atoms with E-state index in [1.165, 1.54) is 6.07 Å². The Balaban J connectivity index is 1.74. The van der Waals surface area contributed by atoms with Gasteiger partial charge in [-0.3, -0.25) is 4.79 Å². The van der Waals surface area contributed by atoms with Gasteiger partial charge in [-0.1, -0.05) is 43.3 Å². The fraction of sp³-hybridized carbons (Fsp3) is 0.316. The molecule has 3 rings (SSSR count). The molecule has 0 aromatic heterocycles. The van der Waals surface area contributed by atoms with Crippen molar-refractivity contribution in [2.75, 3.05) is 6.54 Å². The Kier molecular flexibility index (Phi) is 4.92. The molecular formula is C19H22N2O3S. The number of carbonyl (C=O) groups is 1. The molecule has 0 saturated carbocycles. The molecular weight excluding hydrogens is 336 g/mol. The molecule has 1 heterocycles. The molecule has 0 spiro atoms. The highest BCUT2D eigenvalue weighted by molar-refractivity contribution is 7.89. The highest BCUT2D eigenvalue weighted by Gasteiger charge is 2.25. The van der Waals surface area contributed by atoms with E-state index in [2.05, 4.69) is 0 Å². The van der Waals surface area contributed by atoms with E-state index < -0.39 is 10.0 Å². The molecule has 6 heteroatoms. The number of rotatable bonds is 4. The Morgan fingerprint density at radius 1 is 1.16 bits per heavy atom. The molecule has 1 atom stereocenters. The number of hydrogen-bond acceptors (Lipinski definition) is 3. The summed E-state index contributed by atoms with van der Waals surface area (Å²) in [5, 5.41) is 5.21. The summed E-state index contributed by atoms with van der Waals surface area (Å²) in [5.41, 5.74) is 3.07. The van der Waals surface area contributed by atoms with Gasteiger partial charge < -0.3 is 4.90 Å². The Labute approximate surface area is 148 Å². The molecule has 25 heavy (non-hydrogen) atoms. The number of nitrogens with two attached hydrogens (primary N) is 1. The molecule has 2 N–H and O–H groups in total. The summed E-state index contributed by atoms with van der Waals surface area (Å²) in [6.07, 6.45) is 1.42. The maximum Gasteiger partial charge on any atom is 0.238 e. The van der Waals surface area contributed by atoms with Crippen LogP contribution in [-0.2, 0) is 34.2 Å². The lowest BCUT2D eigenvalue weighted by molar-refractivity contribution is -0.135. The van der Waals surface area contributed by atoms with Gasteiger partial charge in [0, 0.05) is 19.0 Å². The van der Waals surface area contributed by atoms with Crippen LogP contribution in [0.2, 0.25) is 0 Å². The average molecular weight is 358 g/mol. The fourth-order valence-corrected chi connectivity index (χ4v) is 3.83. The average Bonchev–Trinajstić information content (AvgIpc) is 2.60. The van der Waals surface area contributed by atoms with Crippen molar-refractivity contribution in [2.24, 2.45) is 11.1 Å². The van der Waals surface area contributed by atoms with Crippen molar-refractivity contribution in [2.45, 2.75) is 31.2 Å². The standard InChI is InChI=1S/C19H22N2O3S/c1-14(11-15-5-3-2-4-6-15)19(22)21-10-9-16-7-8-18(25(20,23)24)12-17(16)13-21/h2-8,12,14H,9-11,13H2,1H3,(H2,20,23,24). The molecule has 1 unspecified atom stereocenters. The van der Waals surface area contributed by atoms with Gasteiger partial charge in [-0.2, -0.15) is 0 Å². The predicted molar refractivity (Wildman–Crippen MR) is 96.2 cm³/mol. The summed E-state index contributed by atoms with van der Waals surface area (Å²) >= 11 is 0. The van der Waals surface area contributed by atoms with Crippen LogP contribution in [0.5, 0.6) is 0 Å². The lowest BCUT2D eigenvalue weighted by atomic mass is 9.96. The van der Waals surface area contributed by atoms with Crippen LogP contribution in [0.3, 0.4) is 0 Å². The van der Waals surface area contributed by atoms with Crippen molar-refractivity contribution in [3.8, 4) is 0 Å². The quantitative estimate of drug-likeness (QED) is 0.909. The van der Waals surface area contributed by atoms with E-state index in [0.29, 0.717) is 19.5 Å². The van der Waals surface area contributed by atoms with E-state index in [4.69, 9.17) is 5.14 Å². The lowest BCUT2D eigenvalue weighted by Crippen LogP contribution is -2.39. The minimum absolute atomic E-state index is 0.0931. The largest absolute Gasteiger partial charge is 0.338 e. The number of primary sulfonamides is 1. The number of nitrogens with zero attached hydrogens (tertiary/aromatic N) is 1. The summed E-state index contributed by atoms with van der Waals surface area (Å²) in [6, 6.07) is 14.9. The molecule has 0 bridgehead atoms. The topological polar surface area (TPSA) is 80.5 Å². The molecule has 1 amide bonds. The third-order valence-corrected chi connectivity index (χ3v) is 5.55. The van der Waals surface area contributed by atoms with Crippen molar-refractivity contribution in [1.29, 1.82) is 0 Å². The third-order valence-electron chi connectivity index (χ3n) is 4.64. The monoisotopic (exact) mass is 358 g/mol. The van der Waals surface area contributed by atoms with Gasteiger partial charge in [-0.05, 0) is 41.7 Å². The predicted octanol–water partition coefficient (Wildman–Crippen LogP) is 2.10. The Morgan fingerprint density at radius 2 is 1.88 bits per heavy atom. The van der Waals surface area contributed by atoms with Crippen molar-refractivity contribution in [3.05, 3.63) is 65.2 Å². The number of sulfonamides is 1. The molecule has 1 aliphatic heterocycles. The molecule has 132 valence electrons. The zero-order valence-electron chi connectivity index (χ0n) is 14.2. The van der Waals surface area contributed by atoms with Crippen LogP contribution in [0.15, 0.2) is 53.4 Å². The van der Waals surface area contributed by atoms with E-state index in [1.54, 1.807) is 12.1 Å². The first-order valence-corrected chi connectivity index (χ1v) is 9.86. The van der Waals surface area contributed by atoms with Crippen molar-refractivity contribution >= 4 is 15.9 Å². The van der Waals surface area contributed by atoms with Gasteiger partial charge in [-0.15, -0.1) is 0 Å². The molecule has 0 fully saturated rings. The van der Waals surface area contributed by atoms with E-state index in [-0.39, 0.29) is 16.7 Å². The Bertz CT molecular complexity index is 879. The second-order valence-corrected chi connectivity index (χ2v) is 8.14. The number of hydrogen-bond donors (Lipinski definition) is 1. The summed E-state index contributed by atoms with van der Waals surface area (Å²) in [5.74, 6) is -0.0270. The molecule has 5 nitrogen and oxygen atoms in total. The van der Waals surface area contributed by atoms with E-state index in [1.807, 2.05) is 42.2 Å². The van der Waals surface area contributed by atoms with Crippen LogP contribution in [0.1, 0.15) is 23.6 Å². The number of amides is 1. The molecule has 0 aliphatic carbocycles. The highest BCUT2D eigenvalue weighted by Crippen LogP contribution is 2.24. The number of carbonyl (C=O) groups excluding carboxylic acids is 1. The molecule has 2 aromatic carbocycles. The van der Waals surface area contributed by atoms with Crippen molar-refractivity contribution in [3.63, 3.8) is 0 Å². The highest BCUT2D eigenvalue weighted by atomic mass is 32.2. The van der Waals surface area contributed by atoms with E-state index >= 15 is 0 Å². The fourth-order valence-electron chi connectivity index (χ4n) is 3.27. The number of fused-ring (bicyclic) bond motifs is 1. The number of benzene rings is 2. The zero-order valence-corrected chi connectivity index (χ0v) is 15.0. The van der Waals surface area contributed by atoms with Crippen LogP contribution in [0.4, 0.5) is 0 Å². The summed E-state index contributed by atoms with van der Waals surface area (Å²) in [4.78, 5) is 14.7. The minimum atomic E-state index is -3.73. The van der Waals surface area contributed by atoms with Gasteiger partial charge >= 0.3 is 0 Å². The molecule has 1 aliphatic rings. The summed E-state index contributed by atoms with van der Waals surface area (Å²) < 4.78 is 23.1. The van der Waals surface area contributed by atoms with E-state index in [0.717, 1.165) is 23.1 Å². The molecule has 0 radical (unpaired) electrons.